The average molecular weight is 779 g/mol. The number of hydrogen-bond donors (Lipinski definition) is 0. The Morgan fingerprint density at radius 2 is 0.600 bits per heavy atom. The van der Waals surface area contributed by atoms with Gasteiger partial charge < -0.3 is 14.2 Å². The summed E-state index contributed by atoms with van der Waals surface area (Å²) >= 11 is 0. The molecule has 0 spiro atoms. The van der Waals surface area contributed by atoms with Gasteiger partial charge in [-0.15, -0.1) is 0 Å². The van der Waals surface area contributed by atoms with E-state index in [-0.39, 0.29) is 31.1 Å². The van der Waals surface area contributed by atoms with E-state index in [9.17, 15) is 14.4 Å². The zero-order valence-corrected chi connectivity index (χ0v) is 37.4. The molecule has 0 aromatic carbocycles. The smallest absolute Gasteiger partial charge is 0.306 e. The molecule has 0 unspecified atom stereocenters. The van der Waals surface area contributed by atoms with Crippen molar-refractivity contribution in [2.45, 2.75) is 278 Å². The number of rotatable bonds is 44. The summed E-state index contributed by atoms with van der Waals surface area (Å²) in [6.07, 6.45) is 44.1. The standard InChI is InChI=1S/C49H94O6/c1-5-7-9-11-12-13-14-15-16-17-18-19-23-26-29-33-36-40-47(50)53-43-46(55-49(52)42-38-31-10-8-6-2)44-54-48(51)41-37-34-30-27-24-21-20-22-25-28-32-35-39-45(3)4/h45-46H,5-44H2,1-4H3/t46-/m1/s1. The molecule has 6 heteroatoms. The van der Waals surface area contributed by atoms with E-state index in [0.717, 1.165) is 70.1 Å². The van der Waals surface area contributed by atoms with E-state index in [2.05, 4.69) is 27.7 Å². The monoisotopic (exact) mass is 779 g/mol. The van der Waals surface area contributed by atoms with Crippen LogP contribution >= 0.6 is 0 Å². The second kappa shape index (κ2) is 43.5. The highest BCUT2D eigenvalue weighted by Crippen LogP contribution is 2.17. The van der Waals surface area contributed by atoms with Gasteiger partial charge in [0.15, 0.2) is 6.10 Å². The molecule has 0 aliphatic rings. The molecule has 0 N–H and O–H groups in total. The van der Waals surface area contributed by atoms with Gasteiger partial charge in [-0.3, -0.25) is 14.4 Å². The lowest BCUT2D eigenvalue weighted by Crippen LogP contribution is -2.30. The molecule has 0 fully saturated rings. The first kappa shape index (κ1) is 53.4. The van der Waals surface area contributed by atoms with Crippen molar-refractivity contribution in [3.63, 3.8) is 0 Å². The van der Waals surface area contributed by atoms with Gasteiger partial charge in [-0.05, 0) is 25.2 Å². The van der Waals surface area contributed by atoms with Crippen molar-refractivity contribution in [2.24, 2.45) is 5.92 Å². The lowest BCUT2D eigenvalue weighted by molar-refractivity contribution is -0.167. The number of unbranched alkanes of at least 4 members (excludes halogenated alkanes) is 31. The van der Waals surface area contributed by atoms with Gasteiger partial charge in [0, 0.05) is 19.3 Å². The second-order valence-corrected chi connectivity index (χ2v) is 17.2. The van der Waals surface area contributed by atoms with Gasteiger partial charge in [-0.1, -0.05) is 233 Å². The summed E-state index contributed by atoms with van der Waals surface area (Å²) in [5.41, 5.74) is 0. The molecule has 0 amide bonds. The largest absolute Gasteiger partial charge is 0.462 e. The quantitative estimate of drug-likeness (QED) is 0.0348. The molecule has 0 aromatic rings. The lowest BCUT2D eigenvalue weighted by Gasteiger charge is -2.18. The van der Waals surface area contributed by atoms with Crippen LogP contribution in [0.1, 0.15) is 272 Å². The van der Waals surface area contributed by atoms with Gasteiger partial charge in [0.25, 0.3) is 0 Å². The van der Waals surface area contributed by atoms with E-state index in [4.69, 9.17) is 14.2 Å². The summed E-state index contributed by atoms with van der Waals surface area (Å²) in [4.78, 5) is 37.5. The molecule has 0 saturated carbocycles. The van der Waals surface area contributed by atoms with Crippen LogP contribution in [0.25, 0.3) is 0 Å². The van der Waals surface area contributed by atoms with Crippen molar-refractivity contribution in [3.05, 3.63) is 0 Å². The maximum Gasteiger partial charge on any atom is 0.306 e. The molecule has 0 heterocycles. The zero-order valence-electron chi connectivity index (χ0n) is 37.4. The Bertz CT molecular complexity index is 826. The number of ether oxygens (including phenoxy) is 3. The summed E-state index contributed by atoms with van der Waals surface area (Å²) in [5, 5.41) is 0. The topological polar surface area (TPSA) is 78.9 Å². The van der Waals surface area contributed by atoms with Crippen molar-refractivity contribution in [3.8, 4) is 0 Å². The first-order valence-corrected chi connectivity index (χ1v) is 24.4. The predicted octanol–water partition coefficient (Wildman–Crippen LogP) is 15.5. The van der Waals surface area contributed by atoms with E-state index >= 15 is 0 Å². The minimum Gasteiger partial charge on any atom is -0.462 e. The molecular weight excluding hydrogens is 685 g/mol. The van der Waals surface area contributed by atoms with Gasteiger partial charge in [0.05, 0.1) is 0 Å². The normalized spacial score (nSPS) is 11.9. The van der Waals surface area contributed by atoms with Crippen LogP contribution in [-0.2, 0) is 28.6 Å². The number of esters is 3. The Balaban J connectivity index is 4.08. The average Bonchev–Trinajstić information content (AvgIpc) is 3.17. The Hall–Kier alpha value is -1.59. The highest BCUT2D eigenvalue weighted by Gasteiger charge is 2.19. The van der Waals surface area contributed by atoms with Crippen LogP contribution in [0.3, 0.4) is 0 Å². The van der Waals surface area contributed by atoms with Gasteiger partial charge in [0.1, 0.15) is 13.2 Å². The van der Waals surface area contributed by atoms with E-state index in [1.54, 1.807) is 0 Å². The third-order valence-electron chi connectivity index (χ3n) is 11.0. The Labute approximate surface area is 342 Å². The Morgan fingerprint density at radius 1 is 0.345 bits per heavy atom. The van der Waals surface area contributed by atoms with Gasteiger partial charge in [-0.25, -0.2) is 0 Å². The van der Waals surface area contributed by atoms with Crippen LogP contribution in [0.15, 0.2) is 0 Å². The Morgan fingerprint density at radius 3 is 0.891 bits per heavy atom. The maximum atomic E-state index is 12.5. The summed E-state index contributed by atoms with van der Waals surface area (Å²) in [5.74, 6) is -0.0302. The van der Waals surface area contributed by atoms with Crippen LogP contribution in [0, 0.1) is 5.92 Å². The molecule has 0 radical (unpaired) electrons. The van der Waals surface area contributed by atoms with Crippen LogP contribution in [0.5, 0.6) is 0 Å². The molecule has 0 aromatic heterocycles. The molecule has 1 atom stereocenters. The number of hydrogen-bond acceptors (Lipinski definition) is 6. The first-order chi connectivity index (χ1) is 26.9. The molecule has 55 heavy (non-hydrogen) atoms. The SMILES string of the molecule is CCCCCCCCCCCCCCCCCCCC(=O)OC[C@H](COC(=O)CCCCCCCCCCCCCCC(C)C)OC(=O)CCCCCCC. The van der Waals surface area contributed by atoms with Crippen LogP contribution in [0.2, 0.25) is 0 Å². The van der Waals surface area contributed by atoms with E-state index < -0.39 is 6.10 Å². The Kier molecular flexibility index (Phi) is 42.3. The summed E-state index contributed by atoms with van der Waals surface area (Å²) in [7, 11) is 0. The number of carbonyl (C=O) groups is 3. The van der Waals surface area contributed by atoms with Gasteiger partial charge >= 0.3 is 17.9 Å². The fraction of sp³-hybridized carbons (Fsp3) is 0.939. The highest BCUT2D eigenvalue weighted by molar-refractivity contribution is 5.71. The van der Waals surface area contributed by atoms with Crippen molar-refractivity contribution in [1.82, 2.24) is 0 Å². The summed E-state index contributed by atoms with van der Waals surface area (Å²) in [6, 6.07) is 0. The molecule has 0 rings (SSSR count). The van der Waals surface area contributed by atoms with Crippen molar-refractivity contribution in [2.75, 3.05) is 13.2 Å². The fourth-order valence-electron chi connectivity index (χ4n) is 7.33. The first-order valence-electron chi connectivity index (χ1n) is 24.4. The van der Waals surface area contributed by atoms with E-state index in [1.165, 1.54) is 161 Å². The van der Waals surface area contributed by atoms with Crippen molar-refractivity contribution in [1.29, 1.82) is 0 Å². The van der Waals surface area contributed by atoms with E-state index in [0.29, 0.717) is 19.3 Å². The maximum absolute atomic E-state index is 12.5. The second-order valence-electron chi connectivity index (χ2n) is 17.2. The van der Waals surface area contributed by atoms with Crippen LogP contribution in [0.4, 0.5) is 0 Å². The minimum absolute atomic E-state index is 0.0647. The van der Waals surface area contributed by atoms with Gasteiger partial charge in [0.2, 0.25) is 0 Å². The molecule has 0 aliphatic heterocycles. The summed E-state index contributed by atoms with van der Waals surface area (Å²) in [6.45, 7) is 8.94. The van der Waals surface area contributed by atoms with Crippen molar-refractivity contribution >= 4 is 17.9 Å². The molecule has 326 valence electrons. The van der Waals surface area contributed by atoms with Crippen molar-refractivity contribution < 1.29 is 28.6 Å². The fourth-order valence-corrected chi connectivity index (χ4v) is 7.33. The third kappa shape index (κ3) is 43.4. The molecule has 0 aliphatic carbocycles. The lowest BCUT2D eigenvalue weighted by atomic mass is 10.0. The summed E-state index contributed by atoms with van der Waals surface area (Å²) < 4.78 is 16.6. The van der Waals surface area contributed by atoms with Gasteiger partial charge in [-0.2, -0.15) is 0 Å². The predicted molar refractivity (Wildman–Crippen MR) is 233 cm³/mol. The molecular formula is C49H94O6. The highest BCUT2D eigenvalue weighted by atomic mass is 16.6. The molecule has 6 nitrogen and oxygen atoms in total. The zero-order chi connectivity index (χ0) is 40.3. The molecule has 0 bridgehead atoms. The van der Waals surface area contributed by atoms with E-state index in [1.807, 2.05) is 0 Å². The van der Waals surface area contributed by atoms with Crippen LogP contribution < -0.4 is 0 Å². The van der Waals surface area contributed by atoms with Crippen LogP contribution in [-0.4, -0.2) is 37.2 Å². The third-order valence-corrected chi connectivity index (χ3v) is 11.0. The number of carbonyl (C=O) groups excluding carboxylic acids is 3. The minimum atomic E-state index is -0.758. The molecule has 0 saturated heterocycles.